The number of sulfonamides is 1. The summed E-state index contributed by atoms with van der Waals surface area (Å²) in [5.74, 6) is -0.308. The van der Waals surface area contributed by atoms with Gasteiger partial charge in [-0.15, -0.1) is 0 Å². The van der Waals surface area contributed by atoms with E-state index < -0.39 is 10.0 Å². The van der Waals surface area contributed by atoms with Crippen molar-refractivity contribution in [2.24, 2.45) is 5.10 Å². The van der Waals surface area contributed by atoms with Gasteiger partial charge in [-0.1, -0.05) is 44.5 Å². The Morgan fingerprint density at radius 2 is 1.61 bits per heavy atom. The van der Waals surface area contributed by atoms with Crippen LogP contribution in [0.1, 0.15) is 39.7 Å². The lowest BCUT2D eigenvalue weighted by Crippen LogP contribution is -2.22. The van der Waals surface area contributed by atoms with Crippen molar-refractivity contribution in [1.82, 2.24) is 4.83 Å². The van der Waals surface area contributed by atoms with Crippen molar-refractivity contribution in [3.05, 3.63) is 59.1 Å². The maximum atomic E-state index is 12.4. The van der Waals surface area contributed by atoms with E-state index in [1.807, 2.05) is 0 Å². The summed E-state index contributed by atoms with van der Waals surface area (Å²) in [5.41, 5.74) is 1.90. The number of amides is 1. The van der Waals surface area contributed by atoms with Crippen LogP contribution in [-0.4, -0.2) is 20.0 Å². The number of carbonyl (C=O) groups excluding carboxylic acids is 1. The Hall–Kier alpha value is -2.38. The van der Waals surface area contributed by atoms with Crippen molar-refractivity contribution in [2.75, 3.05) is 5.32 Å². The Bertz CT molecular complexity index is 961. The molecule has 0 spiro atoms. The Kier molecular flexibility index (Phi) is 6.85. The molecule has 0 unspecified atom stereocenters. The van der Waals surface area contributed by atoms with Crippen molar-refractivity contribution < 1.29 is 13.2 Å². The number of rotatable bonds is 6. The van der Waals surface area contributed by atoms with Gasteiger partial charge in [0.25, 0.3) is 10.0 Å². The standard InChI is InChI=1S/C20H24ClN3O3S/c1-14(13-19(25)22-17-9-7-16(21)8-10-17)23-24-28(26,27)18-11-5-15(6-12-18)20(2,3)4/h5-12,24H,13H2,1-4H3,(H,22,25)/b23-14-. The topological polar surface area (TPSA) is 87.6 Å². The molecule has 28 heavy (non-hydrogen) atoms. The van der Waals surface area contributed by atoms with E-state index in [1.54, 1.807) is 55.5 Å². The van der Waals surface area contributed by atoms with Gasteiger partial charge in [0.15, 0.2) is 0 Å². The highest BCUT2D eigenvalue weighted by atomic mass is 35.5. The average Bonchev–Trinajstić information content (AvgIpc) is 2.61. The molecule has 2 N–H and O–H groups in total. The van der Waals surface area contributed by atoms with Crippen LogP contribution in [0.2, 0.25) is 5.02 Å². The summed E-state index contributed by atoms with van der Waals surface area (Å²) in [5, 5.41) is 7.10. The van der Waals surface area contributed by atoms with E-state index >= 15 is 0 Å². The molecule has 0 atom stereocenters. The molecule has 0 radical (unpaired) electrons. The zero-order chi connectivity index (χ0) is 20.9. The number of hydrogen-bond donors (Lipinski definition) is 2. The SMILES string of the molecule is C/C(CC(=O)Nc1ccc(Cl)cc1)=N/NS(=O)(=O)c1ccc(C(C)(C)C)cc1. The Labute approximate surface area is 171 Å². The van der Waals surface area contributed by atoms with Crippen LogP contribution in [0.3, 0.4) is 0 Å². The van der Waals surface area contributed by atoms with Gasteiger partial charge in [0, 0.05) is 16.4 Å². The number of anilines is 1. The largest absolute Gasteiger partial charge is 0.326 e. The fourth-order valence-corrected chi connectivity index (χ4v) is 3.34. The normalized spacial score (nSPS) is 12.5. The number of halogens is 1. The van der Waals surface area contributed by atoms with Gasteiger partial charge >= 0.3 is 0 Å². The molecule has 0 aliphatic rings. The molecule has 150 valence electrons. The van der Waals surface area contributed by atoms with Crippen LogP contribution in [0.25, 0.3) is 0 Å². The lowest BCUT2D eigenvalue weighted by Gasteiger charge is -2.19. The highest BCUT2D eigenvalue weighted by molar-refractivity contribution is 7.89. The number of hydrazone groups is 1. The van der Waals surface area contributed by atoms with Crippen molar-refractivity contribution in [1.29, 1.82) is 0 Å². The Morgan fingerprint density at radius 1 is 1.04 bits per heavy atom. The van der Waals surface area contributed by atoms with Crippen molar-refractivity contribution >= 4 is 38.9 Å². The number of nitrogens with one attached hydrogen (secondary N) is 2. The van der Waals surface area contributed by atoms with Crippen LogP contribution in [0.15, 0.2) is 58.5 Å². The van der Waals surface area contributed by atoms with Crippen molar-refractivity contribution in [3.8, 4) is 0 Å². The second-order valence-electron chi connectivity index (χ2n) is 7.45. The summed E-state index contributed by atoms with van der Waals surface area (Å²) in [6, 6.07) is 13.3. The van der Waals surface area contributed by atoms with Crippen LogP contribution in [-0.2, 0) is 20.2 Å². The van der Waals surface area contributed by atoms with Gasteiger partial charge in [-0.05, 0) is 54.3 Å². The fraction of sp³-hybridized carbons (Fsp3) is 0.300. The van der Waals surface area contributed by atoms with Crippen LogP contribution in [0.5, 0.6) is 0 Å². The van der Waals surface area contributed by atoms with E-state index in [0.29, 0.717) is 16.4 Å². The minimum atomic E-state index is -3.80. The molecule has 6 nitrogen and oxygen atoms in total. The molecule has 2 rings (SSSR count). The van der Waals surface area contributed by atoms with E-state index in [2.05, 4.69) is 36.0 Å². The van der Waals surface area contributed by atoms with Crippen LogP contribution >= 0.6 is 11.6 Å². The van der Waals surface area contributed by atoms with Gasteiger partial charge in [0.1, 0.15) is 0 Å². The quantitative estimate of drug-likeness (QED) is 0.537. The molecular formula is C20H24ClN3O3S. The third-order valence-corrected chi connectivity index (χ3v) is 5.41. The van der Waals surface area contributed by atoms with Crippen LogP contribution < -0.4 is 10.1 Å². The smallest absolute Gasteiger partial charge is 0.276 e. The third kappa shape index (κ3) is 6.35. The summed E-state index contributed by atoms with van der Waals surface area (Å²) in [6.07, 6.45) is -0.0475. The minimum Gasteiger partial charge on any atom is -0.326 e. The number of carbonyl (C=O) groups is 1. The van der Waals surface area contributed by atoms with E-state index in [4.69, 9.17) is 11.6 Å². The second kappa shape index (κ2) is 8.75. The predicted octanol–water partition coefficient (Wildman–Crippen LogP) is 4.32. The molecule has 0 fully saturated rings. The molecular weight excluding hydrogens is 398 g/mol. The maximum absolute atomic E-state index is 12.4. The zero-order valence-electron chi connectivity index (χ0n) is 16.3. The first kappa shape index (κ1) is 21.9. The maximum Gasteiger partial charge on any atom is 0.276 e. The first-order chi connectivity index (χ1) is 13.0. The van der Waals surface area contributed by atoms with E-state index in [0.717, 1.165) is 5.56 Å². The average molecular weight is 422 g/mol. The summed E-state index contributed by atoms with van der Waals surface area (Å²) >= 11 is 5.80. The molecule has 0 saturated carbocycles. The molecule has 2 aromatic carbocycles. The number of hydrogen-bond acceptors (Lipinski definition) is 4. The molecule has 0 aliphatic heterocycles. The molecule has 1 amide bonds. The molecule has 0 aliphatic carbocycles. The second-order valence-corrected chi connectivity index (χ2v) is 9.55. The van der Waals surface area contributed by atoms with Gasteiger partial charge < -0.3 is 5.32 Å². The number of nitrogens with zero attached hydrogens (tertiary/aromatic N) is 1. The molecule has 2 aromatic rings. The fourth-order valence-electron chi connectivity index (χ4n) is 2.34. The van der Waals surface area contributed by atoms with Gasteiger partial charge in [0.2, 0.25) is 5.91 Å². The summed E-state index contributed by atoms with van der Waals surface area (Å²) in [7, 11) is -3.80. The molecule has 0 aromatic heterocycles. The first-order valence-electron chi connectivity index (χ1n) is 8.68. The predicted molar refractivity (Wildman–Crippen MR) is 113 cm³/mol. The highest BCUT2D eigenvalue weighted by Crippen LogP contribution is 2.23. The van der Waals surface area contributed by atoms with Crippen molar-refractivity contribution in [2.45, 2.75) is 44.4 Å². The Morgan fingerprint density at radius 3 is 2.14 bits per heavy atom. The Balaban J connectivity index is 1.98. The van der Waals surface area contributed by atoms with Gasteiger partial charge in [-0.25, -0.2) is 4.83 Å². The molecule has 8 heteroatoms. The van der Waals surface area contributed by atoms with Crippen LogP contribution in [0.4, 0.5) is 5.69 Å². The highest BCUT2D eigenvalue weighted by Gasteiger charge is 2.17. The van der Waals surface area contributed by atoms with E-state index in [1.165, 1.54) is 0 Å². The molecule has 0 saturated heterocycles. The first-order valence-corrected chi connectivity index (χ1v) is 10.5. The molecule has 0 heterocycles. The minimum absolute atomic E-state index is 0.0475. The van der Waals surface area contributed by atoms with Gasteiger partial charge in [-0.2, -0.15) is 13.5 Å². The van der Waals surface area contributed by atoms with E-state index in [9.17, 15) is 13.2 Å². The summed E-state index contributed by atoms with van der Waals surface area (Å²) in [4.78, 5) is 14.3. The van der Waals surface area contributed by atoms with E-state index in [-0.39, 0.29) is 22.6 Å². The lowest BCUT2D eigenvalue weighted by atomic mass is 9.87. The summed E-state index contributed by atoms with van der Waals surface area (Å²) in [6.45, 7) is 7.74. The van der Waals surface area contributed by atoms with Gasteiger partial charge in [-0.3, -0.25) is 4.79 Å². The lowest BCUT2D eigenvalue weighted by molar-refractivity contribution is -0.115. The van der Waals surface area contributed by atoms with Gasteiger partial charge in [0.05, 0.1) is 11.3 Å². The zero-order valence-corrected chi connectivity index (χ0v) is 17.9. The third-order valence-electron chi connectivity index (χ3n) is 3.93. The number of benzene rings is 2. The van der Waals surface area contributed by atoms with Crippen molar-refractivity contribution in [3.63, 3.8) is 0 Å². The molecule has 0 bridgehead atoms. The summed E-state index contributed by atoms with van der Waals surface area (Å²) < 4.78 is 24.8. The monoisotopic (exact) mass is 421 g/mol. The van der Waals surface area contributed by atoms with Crippen LogP contribution in [0, 0.1) is 0 Å².